The molecule has 3 rings (SSSR count). The number of hydrogen-bond donors (Lipinski definition) is 2. The number of rotatable bonds is 7. The van der Waals surface area contributed by atoms with Crippen molar-refractivity contribution in [1.82, 2.24) is 15.3 Å². The zero-order valence-electron chi connectivity index (χ0n) is 14.5. The van der Waals surface area contributed by atoms with E-state index >= 15 is 0 Å². The fourth-order valence-electron chi connectivity index (χ4n) is 2.60. The Morgan fingerprint density at radius 1 is 1.20 bits per heavy atom. The predicted molar refractivity (Wildman–Crippen MR) is 103 cm³/mol. The topological polar surface area (TPSA) is 66.9 Å². The van der Waals surface area contributed by atoms with Crippen molar-refractivity contribution >= 4 is 33.3 Å². The van der Waals surface area contributed by atoms with E-state index in [0.29, 0.717) is 12.4 Å². The van der Waals surface area contributed by atoms with Crippen LogP contribution in [-0.2, 0) is 17.6 Å². The Bertz CT molecular complexity index is 860. The molecule has 2 heterocycles. The number of aromatic nitrogens is 2. The molecule has 0 aliphatic heterocycles. The molecule has 0 unspecified atom stereocenters. The van der Waals surface area contributed by atoms with Crippen LogP contribution in [0, 0.1) is 6.92 Å². The molecule has 2 aromatic heterocycles. The summed E-state index contributed by atoms with van der Waals surface area (Å²) in [6.07, 6.45) is 1.80. The van der Waals surface area contributed by atoms with Crippen molar-refractivity contribution < 1.29 is 4.79 Å². The number of carbonyl (C=O) groups is 1. The van der Waals surface area contributed by atoms with Crippen molar-refractivity contribution in [3.8, 4) is 0 Å². The molecular weight excluding hydrogens is 332 g/mol. The number of carbonyl (C=O) groups excluding carboxylic acids is 1. The lowest BCUT2D eigenvalue weighted by atomic mass is 10.1. The first-order valence-electron chi connectivity index (χ1n) is 8.47. The van der Waals surface area contributed by atoms with E-state index in [0.717, 1.165) is 28.9 Å². The van der Waals surface area contributed by atoms with Gasteiger partial charge in [-0.15, -0.1) is 11.3 Å². The fourth-order valence-corrected chi connectivity index (χ4v) is 3.62. The molecule has 130 valence electrons. The van der Waals surface area contributed by atoms with Crippen LogP contribution in [-0.4, -0.2) is 29.0 Å². The first-order chi connectivity index (χ1) is 12.2. The third-order valence-corrected chi connectivity index (χ3v) is 5.07. The molecule has 6 heteroatoms. The molecule has 0 aliphatic carbocycles. The normalized spacial score (nSPS) is 10.8. The van der Waals surface area contributed by atoms with Gasteiger partial charge in [-0.25, -0.2) is 9.97 Å². The summed E-state index contributed by atoms with van der Waals surface area (Å²) >= 11 is 1.68. The van der Waals surface area contributed by atoms with Crippen LogP contribution in [0.4, 0.5) is 5.82 Å². The van der Waals surface area contributed by atoms with Crippen LogP contribution in [0.5, 0.6) is 0 Å². The van der Waals surface area contributed by atoms with Gasteiger partial charge in [0.25, 0.3) is 0 Å². The van der Waals surface area contributed by atoms with E-state index in [9.17, 15) is 4.79 Å². The van der Waals surface area contributed by atoms with Crippen molar-refractivity contribution in [2.24, 2.45) is 0 Å². The first kappa shape index (κ1) is 17.4. The van der Waals surface area contributed by atoms with Gasteiger partial charge in [-0.2, -0.15) is 0 Å². The molecule has 5 nitrogen and oxygen atoms in total. The predicted octanol–water partition coefficient (Wildman–Crippen LogP) is 3.33. The summed E-state index contributed by atoms with van der Waals surface area (Å²) in [5.41, 5.74) is 1.22. The van der Waals surface area contributed by atoms with Gasteiger partial charge in [0.05, 0.1) is 11.9 Å². The van der Waals surface area contributed by atoms with E-state index in [2.05, 4.69) is 45.7 Å². The van der Waals surface area contributed by atoms with Crippen LogP contribution in [0.2, 0.25) is 0 Å². The summed E-state index contributed by atoms with van der Waals surface area (Å²) in [5, 5.41) is 7.09. The van der Waals surface area contributed by atoms with Gasteiger partial charge in [-0.1, -0.05) is 37.3 Å². The molecule has 0 aliphatic rings. The molecule has 2 N–H and O–H groups in total. The molecule has 25 heavy (non-hydrogen) atoms. The van der Waals surface area contributed by atoms with Crippen LogP contribution in [0.1, 0.15) is 23.2 Å². The number of amides is 1. The van der Waals surface area contributed by atoms with Crippen molar-refractivity contribution in [3.63, 3.8) is 0 Å². The second-order valence-corrected chi connectivity index (χ2v) is 6.96. The van der Waals surface area contributed by atoms with Crippen molar-refractivity contribution in [2.45, 2.75) is 26.7 Å². The number of benzene rings is 1. The van der Waals surface area contributed by atoms with Gasteiger partial charge in [0.15, 0.2) is 0 Å². The maximum Gasteiger partial charge on any atom is 0.239 e. The van der Waals surface area contributed by atoms with Gasteiger partial charge in [0.2, 0.25) is 5.91 Å². The zero-order valence-corrected chi connectivity index (χ0v) is 15.3. The third kappa shape index (κ3) is 4.54. The summed E-state index contributed by atoms with van der Waals surface area (Å²) in [4.78, 5) is 23.2. The quantitative estimate of drug-likeness (QED) is 0.683. The average molecular weight is 354 g/mol. The lowest BCUT2D eigenvalue weighted by Crippen LogP contribution is -2.31. The summed E-state index contributed by atoms with van der Waals surface area (Å²) in [7, 11) is 0. The molecule has 0 spiro atoms. The summed E-state index contributed by atoms with van der Waals surface area (Å²) in [6, 6.07) is 12.2. The van der Waals surface area contributed by atoms with Crippen LogP contribution < -0.4 is 10.6 Å². The maximum atomic E-state index is 12.1. The number of nitrogens with one attached hydrogen (secondary N) is 2. The van der Waals surface area contributed by atoms with E-state index in [1.54, 1.807) is 11.3 Å². The second kappa shape index (κ2) is 8.07. The minimum Gasteiger partial charge on any atom is -0.360 e. The third-order valence-electron chi connectivity index (χ3n) is 3.90. The van der Waals surface area contributed by atoms with Crippen molar-refractivity contribution in [1.29, 1.82) is 0 Å². The number of thiophene rings is 1. The van der Waals surface area contributed by atoms with Crippen LogP contribution in [0.25, 0.3) is 10.2 Å². The molecular formula is C19H22N4OS. The SMILES string of the molecule is CCc1cc2c(NCC(=O)NCCc3ccccc3)nc(C)nc2s1. The number of anilines is 1. The highest BCUT2D eigenvalue weighted by atomic mass is 32.1. The van der Waals surface area contributed by atoms with Crippen LogP contribution >= 0.6 is 11.3 Å². The van der Waals surface area contributed by atoms with Gasteiger partial charge in [-0.3, -0.25) is 4.79 Å². The molecule has 1 aromatic carbocycles. The molecule has 0 saturated carbocycles. The Labute approximate surface area is 151 Å². The van der Waals surface area contributed by atoms with Crippen LogP contribution in [0.15, 0.2) is 36.4 Å². The first-order valence-corrected chi connectivity index (χ1v) is 9.29. The molecule has 1 amide bonds. The molecule has 0 bridgehead atoms. The number of nitrogens with zero attached hydrogens (tertiary/aromatic N) is 2. The Balaban J connectivity index is 1.56. The smallest absolute Gasteiger partial charge is 0.239 e. The minimum atomic E-state index is -0.0358. The summed E-state index contributed by atoms with van der Waals surface area (Å²) in [6.45, 7) is 4.83. The van der Waals surface area contributed by atoms with Crippen molar-refractivity contribution in [2.75, 3.05) is 18.4 Å². The molecule has 0 atom stereocenters. The van der Waals surface area contributed by atoms with E-state index in [1.807, 2.05) is 25.1 Å². The standard InChI is InChI=1S/C19H22N4OS/c1-3-15-11-16-18(22-13(2)23-19(16)25-15)21-12-17(24)20-10-9-14-7-5-4-6-8-14/h4-8,11H,3,9-10,12H2,1-2H3,(H,20,24)(H,21,22,23). The Morgan fingerprint density at radius 2 is 2.00 bits per heavy atom. The largest absolute Gasteiger partial charge is 0.360 e. The zero-order chi connectivity index (χ0) is 17.6. The number of hydrogen-bond acceptors (Lipinski definition) is 5. The Hall–Kier alpha value is -2.47. The molecule has 0 radical (unpaired) electrons. The van der Waals surface area contributed by atoms with E-state index in [1.165, 1.54) is 10.4 Å². The monoisotopic (exact) mass is 354 g/mol. The Morgan fingerprint density at radius 3 is 2.76 bits per heavy atom. The van der Waals surface area contributed by atoms with Crippen LogP contribution in [0.3, 0.4) is 0 Å². The highest BCUT2D eigenvalue weighted by Gasteiger charge is 2.11. The van der Waals surface area contributed by atoms with Gasteiger partial charge in [0, 0.05) is 11.4 Å². The fraction of sp³-hybridized carbons (Fsp3) is 0.316. The Kier molecular flexibility index (Phi) is 5.60. The van der Waals surface area contributed by atoms with Gasteiger partial charge >= 0.3 is 0 Å². The molecule has 0 fully saturated rings. The van der Waals surface area contributed by atoms with Gasteiger partial charge < -0.3 is 10.6 Å². The molecule has 0 saturated heterocycles. The van der Waals surface area contributed by atoms with Gasteiger partial charge in [0.1, 0.15) is 16.5 Å². The molecule has 3 aromatic rings. The summed E-state index contributed by atoms with van der Waals surface area (Å²) in [5.74, 6) is 1.41. The minimum absolute atomic E-state index is 0.0358. The number of fused-ring (bicyclic) bond motifs is 1. The average Bonchev–Trinajstić information content (AvgIpc) is 3.03. The maximum absolute atomic E-state index is 12.1. The lowest BCUT2D eigenvalue weighted by molar-refractivity contribution is -0.119. The van der Waals surface area contributed by atoms with E-state index in [-0.39, 0.29) is 12.5 Å². The lowest BCUT2D eigenvalue weighted by Gasteiger charge is -2.08. The van der Waals surface area contributed by atoms with E-state index < -0.39 is 0 Å². The second-order valence-electron chi connectivity index (χ2n) is 5.84. The highest BCUT2D eigenvalue weighted by molar-refractivity contribution is 7.18. The van der Waals surface area contributed by atoms with Crippen molar-refractivity contribution in [3.05, 3.63) is 52.7 Å². The number of aryl methyl sites for hydroxylation is 2. The van der Waals surface area contributed by atoms with E-state index in [4.69, 9.17) is 0 Å². The highest BCUT2D eigenvalue weighted by Crippen LogP contribution is 2.29. The van der Waals surface area contributed by atoms with Gasteiger partial charge in [-0.05, 0) is 31.4 Å². The summed E-state index contributed by atoms with van der Waals surface area (Å²) < 4.78 is 0.